The molecule has 0 spiro atoms. The van der Waals surface area contributed by atoms with Crippen LogP contribution in [0.1, 0.15) is 42.4 Å². The standard InChI is InChI=1S/C27H29Cl2F2N3O3S/c1-26(2,3)13-20-27(32,17-8-7-16(29)12-18(17)31)22(15(14-30)6-4-5-11-28)23(33-20)24(35)34-21-10-9-19(38-21)25(36)37/h4-12,14,20,22-23,33H,13,32H2,1-3H3,(H,34,35)(H,36,37)/b6-4-,11-5+,15-14-/t20-,22-,23+,27+/m0/s1. The van der Waals surface area contributed by atoms with Crippen LogP contribution >= 0.6 is 34.5 Å². The molecule has 204 valence electrons. The van der Waals surface area contributed by atoms with Crippen LogP contribution in [0.5, 0.6) is 0 Å². The molecule has 4 atom stereocenters. The molecule has 2 aromatic rings. The van der Waals surface area contributed by atoms with Gasteiger partial charge in [0.05, 0.1) is 22.9 Å². The van der Waals surface area contributed by atoms with Crippen LogP contribution in [0, 0.1) is 17.2 Å². The second-order valence-electron chi connectivity index (χ2n) is 10.2. The number of thiophene rings is 1. The molecule has 5 N–H and O–H groups in total. The maximum Gasteiger partial charge on any atom is 0.345 e. The van der Waals surface area contributed by atoms with E-state index in [9.17, 15) is 19.1 Å². The van der Waals surface area contributed by atoms with Crippen molar-refractivity contribution < 1.29 is 23.5 Å². The van der Waals surface area contributed by atoms with Gasteiger partial charge in [-0.1, -0.05) is 68.3 Å². The van der Waals surface area contributed by atoms with Crippen LogP contribution in [0.3, 0.4) is 0 Å². The van der Waals surface area contributed by atoms with Gasteiger partial charge < -0.3 is 21.5 Å². The summed E-state index contributed by atoms with van der Waals surface area (Å²) in [6.45, 7) is 5.93. The number of hydrogen-bond acceptors (Lipinski definition) is 5. The van der Waals surface area contributed by atoms with Gasteiger partial charge in [0.25, 0.3) is 0 Å². The van der Waals surface area contributed by atoms with E-state index in [1.807, 2.05) is 20.8 Å². The third kappa shape index (κ3) is 6.52. The minimum absolute atomic E-state index is 0.0399. The van der Waals surface area contributed by atoms with Gasteiger partial charge >= 0.3 is 5.97 Å². The second-order valence-corrected chi connectivity index (χ2v) is 12.0. The first kappa shape index (κ1) is 30.0. The largest absolute Gasteiger partial charge is 0.477 e. The molecule has 3 rings (SSSR count). The Morgan fingerprint density at radius 3 is 2.53 bits per heavy atom. The smallest absolute Gasteiger partial charge is 0.345 e. The van der Waals surface area contributed by atoms with Crippen molar-refractivity contribution in [2.24, 2.45) is 17.1 Å². The first-order valence-corrected chi connectivity index (χ1v) is 13.3. The summed E-state index contributed by atoms with van der Waals surface area (Å²) in [6.07, 6.45) is 5.14. The van der Waals surface area contributed by atoms with Crippen molar-refractivity contribution in [2.45, 2.75) is 44.8 Å². The Morgan fingerprint density at radius 2 is 1.97 bits per heavy atom. The van der Waals surface area contributed by atoms with Crippen molar-refractivity contribution in [2.75, 3.05) is 5.32 Å². The molecule has 0 aliphatic carbocycles. The van der Waals surface area contributed by atoms with Crippen LogP contribution in [0.15, 0.2) is 66.0 Å². The molecular weight excluding hydrogens is 555 g/mol. The normalized spacial score (nSPS) is 24.4. The molecule has 38 heavy (non-hydrogen) atoms. The lowest BCUT2D eigenvalue weighted by Gasteiger charge is -2.39. The van der Waals surface area contributed by atoms with Crippen LogP contribution in [-0.4, -0.2) is 29.1 Å². The van der Waals surface area contributed by atoms with E-state index in [0.29, 0.717) is 17.8 Å². The molecule has 0 saturated carbocycles. The highest BCUT2D eigenvalue weighted by Crippen LogP contribution is 2.47. The van der Waals surface area contributed by atoms with E-state index in [1.54, 1.807) is 0 Å². The van der Waals surface area contributed by atoms with E-state index in [1.165, 1.54) is 48.0 Å². The number of carboxylic acid groups (broad SMARTS) is 1. The molecule has 1 saturated heterocycles. The zero-order chi connectivity index (χ0) is 28.3. The summed E-state index contributed by atoms with van der Waals surface area (Å²) in [5.41, 5.74) is 6.55. The molecule has 0 radical (unpaired) electrons. The summed E-state index contributed by atoms with van der Waals surface area (Å²) in [4.78, 5) is 25.0. The van der Waals surface area contributed by atoms with E-state index in [2.05, 4.69) is 10.6 Å². The Bertz CT molecular complexity index is 1290. The average molecular weight is 585 g/mol. The van der Waals surface area contributed by atoms with Crippen molar-refractivity contribution in [3.05, 3.63) is 87.3 Å². The minimum atomic E-state index is -1.58. The predicted octanol–water partition coefficient (Wildman–Crippen LogP) is 6.59. The summed E-state index contributed by atoms with van der Waals surface area (Å²) >= 11 is 12.5. The molecule has 1 amide bonds. The molecule has 6 nitrogen and oxygen atoms in total. The summed E-state index contributed by atoms with van der Waals surface area (Å²) in [6, 6.07) is 5.15. The highest BCUT2D eigenvalue weighted by atomic mass is 35.5. The summed E-state index contributed by atoms with van der Waals surface area (Å²) in [5.74, 6) is -3.46. The summed E-state index contributed by atoms with van der Waals surface area (Å²) < 4.78 is 30.0. The van der Waals surface area contributed by atoms with Crippen LogP contribution in [0.2, 0.25) is 5.02 Å². The molecule has 2 heterocycles. The van der Waals surface area contributed by atoms with E-state index in [4.69, 9.17) is 28.9 Å². The number of carbonyl (C=O) groups is 2. The Balaban J connectivity index is 2.18. The fourth-order valence-corrected chi connectivity index (χ4v) is 5.80. The number of halogens is 4. The van der Waals surface area contributed by atoms with Gasteiger partial charge in [0, 0.05) is 28.1 Å². The Labute approximate surface area is 234 Å². The van der Waals surface area contributed by atoms with Gasteiger partial charge in [0.2, 0.25) is 5.91 Å². The predicted molar refractivity (Wildman–Crippen MR) is 149 cm³/mol. The number of rotatable bonds is 8. The number of allylic oxidation sites excluding steroid dienone is 3. The number of amides is 1. The Hall–Kier alpha value is -2.56. The average Bonchev–Trinajstić information content (AvgIpc) is 3.39. The first-order chi connectivity index (χ1) is 17.8. The molecule has 1 aromatic carbocycles. The Morgan fingerprint density at radius 1 is 1.26 bits per heavy atom. The molecular formula is C27H29Cl2F2N3O3S. The zero-order valence-electron chi connectivity index (χ0n) is 21.0. The van der Waals surface area contributed by atoms with E-state index in [0.717, 1.165) is 17.4 Å². The maximum atomic E-state index is 15.4. The molecule has 0 bridgehead atoms. The number of carboxylic acids is 1. The molecule has 1 fully saturated rings. The maximum absolute atomic E-state index is 15.4. The first-order valence-electron chi connectivity index (χ1n) is 11.7. The number of nitrogens with one attached hydrogen (secondary N) is 2. The van der Waals surface area contributed by atoms with Gasteiger partial charge in [-0.3, -0.25) is 4.79 Å². The van der Waals surface area contributed by atoms with Crippen LogP contribution in [-0.2, 0) is 10.3 Å². The van der Waals surface area contributed by atoms with E-state index in [-0.39, 0.29) is 26.5 Å². The van der Waals surface area contributed by atoms with Gasteiger partial charge in [0.15, 0.2) is 0 Å². The third-order valence-corrected chi connectivity index (χ3v) is 7.69. The number of hydrogen-bond donors (Lipinski definition) is 4. The van der Waals surface area contributed by atoms with Gasteiger partial charge in [-0.05, 0) is 41.7 Å². The molecule has 1 aliphatic heterocycles. The fourth-order valence-electron chi connectivity index (χ4n) is 4.81. The molecule has 1 aliphatic rings. The summed E-state index contributed by atoms with van der Waals surface area (Å²) in [5, 5.41) is 15.6. The van der Waals surface area contributed by atoms with Gasteiger partial charge in [-0.2, -0.15) is 0 Å². The van der Waals surface area contributed by atoms with Crippen molar-refractivity contribution in [3.63, 3.8) is 0 Å². The van der Waals surface area contributed by atoms with Crippen LogP contribution < -0.4 is 16.4 Å². The van der Waals surface area contributed by atoms with Gasteiger partial charge in [-0.15, -0.1) is 11.3 Å². The molecule has 0 unspecified atom stereocenters. The number of benzene rings is 1. The van der Waals surface area contributed by atoms with Crippen molar-refractivity contribution in [1.82, 2.24) is 5.32 Å². The highest BCUT2D eigenvalue weighted by Gasteiger charge is 2.58. The third-order valence-electron chi connectivity index (χ3n) is 6.32. The Kier molecular flexibility index (Phi) is 9.54. The minimum Gasteiger partial charge on any atom is -0.477 e. The van der Waals surface area contributed by atoms with Crippen molar-refractivity contribution in [3.8, 4) is 0 Å². The number of aromatic carboxylic acids is 1. The monoisotopic (exact) mass is 583 g/mol. The quantitative estimate of drug-likeness (QED) is 0.262. The molecule has 11 heteroatoms. The highest BCUT2D eigenvalue weighted by molar-refractivity contribution is 7.18. The van der Waals surface area contributed by atoms with Gasteiger partial charge in [-0.25, -0.2) is 13.6 Å². The number of nitrogens with two attached hydrogens (primary N) is 1. The van der Waals surface area contributed by atoms with Crippen LogP contribution in [0.25, 0.3) is 0 Å². The lowest BCUT2D eigenvalue weighted by molar-refractivity contribution is -0.118. The second kappa shape index (κ2) is 12.1. The van der Waals surface area contributed by atoms with Crippen LogP contribution in [0.4, 0.5) is 13.8 Å². The zero-order valence-corrected chi connectivity index (χ0v) is 23.3. The number of anilines is 1. The lowest BCUT2D eigenvalue weighted by Crippen LogP contribution is -2.53. The van der Waals surface area contributed by atoms with Gasteiger partial charge in [0.1, 0.15) is 10.7 Å². The summed E-state index contributed by atoms with van der Waals surface area (Å²) in [7, 11) is 0. The SMILES string of the molecule is CC(C)(C)C[C@@H]1N[C@@H](C(=O)Nc2ccc(C(=O)O)s2)[C@H](C(/C=C\C=C\Cl)=C\F)[C@@]1(N)c1ccc(Cl)cc1F. The van der Waals surface area contributed by atoms with E-state index < -0.39 is 41.2 Å². The fraction of sp³-hybridized carbons (Fsp3) is 0.333. The van der Waals surface area contributed by atoms with E-state index >= 15 is 4.39 Å². The topological polar surface area (TPSA) is 104 Å². The van der Waals surface area contributed by atoms with Crippen molar-refractivity contribution >= 4 is 51.4 Å². The van der Waals surface area contributed by atoms with Crippen molar-refractivity contribution in [1.29, 1.82) is 0 Å². The lowest BCUT2D eigenvalue weighted by atomic mass is 9.68. The number of carbonyl (C=O) groups excluding carboxylic acids is 1. The molecule has 1 aromatic heterocycles.